The van der Waals surface area contributed by atoms with Crippen molar-refractivity contribution in [2.75, 3.05) is 6.61 Å². The van der Waals surface area contributed by atoms with Crippen LogP contribution in [0.15, 0.2) is 36.9 Å². The SMILES string of the molecule is CCOC(=O)c1n[nH]nc1-c1cccc(Cn2cncn2)c1. The normalized spacial score (nSPS) is 10.6. The predicted octanol–water partition coefficient (Wildman–Crippen LogP) is 1.29. The summed E-state index contributed by atoms with van der Waals surface area (Å²) in [7, 11) is 0. The average Bonchev–Trinajstić information content (AvgIpc) is 3.19. The van der Waals surface area contributed by atoms with E-state index in [9.17, 15) is 4.79 Å². The van der Waals surface area contributed by atoms with E-state index in [4.69, 9.17) is 4.74 Å². The molecule has 0 saturated heterocycles. The van der Waals surface area contributed by atoms with Gasteiger partial charge in [0.25, 0.3) is 0 Å². The van der Waals surface area contributed by atoms with Crippen LogP contribution in [0.5, 0.6) is 0 Å². The molecule has 0 fully saturated rings. The Morgan fingerprint density at radius 2 is 2.27 bits per heavy atom. The minimum Gasteiger partial charge on any atom is -0.461 e. The van der Waals surface area contributed by atoms with Crippen LogP contribution in [0.2, 0.25) is 0 Å². The summed E-state index contributed by atoms with van der Waals surface area (Å²) < 4.78 is 6.70. The maximum atomic E-state index is 11.9. The smallest absolute Gasteiger partial charge is 0.361 e. The second kappa shape index (κ2) is 6.17. The predicted molar refractivity (Wildman–Crippen MR) is 76.9 cm³/mol. The van der Waals surface area contributed by atoms with Gasteiger partial charge in [0.15, 0.2) is 5.69 Å². The standard InChI is InChI=1S/C14H14N6O2/c1-2-22-14(21)13-12(17-19-18-13)11-5-3-4-10(6-11)7-20-9-15-8-16-20/h3-6,8-9H,2,7H2,1H3,(H,17,18,19). The van der Waals surface area contributed by atoms with Gasteiger partial charge in [-0.25, -0.2) is 14.5 Å². The van der Waals surface area contributed by atoms with E-state index in [1.54, 1.807) is 17.9 Å². The lowest BCUT2D eigenvalue weighted by Gasteiger charge is -2.05. The zero-order valence-electron chi connectivity index (χ0n) is 11.9. The molecule has 1 aromatic carbocycles. The summed E-state index contributed by atoms with van der Waals surface area (Å²) >= 11 is 0. The van der Waals surface area contributed by atoms with E-state index in [-0.39, 0.29) is 12.3 Å². The van der Waals surface area contributed by atoms with E-state index >= 15 is 0 Å². The number of hydrogen-bond donors (Lipinski definition) is 1. The largest absolute Gasteiger partial charge is 0.461 e. The van der Waals surface area contributed by atoms with E-state index in [0.29, 0.717) is 12.2 Å². The third-order valence-corrected chi connectivity index (χ3v) is 3.03. The zero-order chi connectivity index (χ0) is 15.4. The van der Waals surface area contributed by atoms with Crippen molar-refractivity contribution in [3.05, 3.63) is 48.2 Å². The molecule has 3 aromatic rings. The van der Waals surface area contributed by atoms with Crippen LogP contribution in [-0.4, -0.2) is 42.8 Å². The summed E-state index contributed by atoms with van der Waals surface area (Å²) in [5.41, 5.74) is 2.45. The lowest BCUT2D eigenvalue weighted by Crippen LogP contribution is -2.07. The van der Waals surface area contributed by atoms with Gasteiger partial charge < -0.3 is 4.74 Å². The van der Waals surface area contributed by atoms with Crippen molar-refractivity contribution >= 4 is 5.97 Å². The number of aromatic amines is 1. The number of carbonyl (C=O) groups is 1. The second-order valence-electron chi connectivity index (χ2n) is 4.53. The molecule has 1 N–H and O–H groups in total. The number of aromatic nitrogens is 6. The quantitative estimate of drug-likeness (QED) is 0.713. The Hall–Kier alpha value is -3.03. The molecule has 2 heterocycles. The lowest BCUT2D eigenvalue weighted by molar-refractivity contribution is 0.0520. The number of carbonyl (C=O) groups excluding carboxylic acids is 1. The van der Waals surface area contributed by atoms with Gasteiger partial charge in [0, 0.05) is 5.56 Å². The lowest BCUT2D eigenvalue weighted by atomic mass is 10.1. The number of ether oxygens (including phenoxy) is 1. The van der Waals surface area contributed by atoms with Gasteiger partial charge in [-0.3, -0.25) is 0 Å². The van der Waals surface area contributed by atoms with Crippen molar-refractivity contribution in [1.82, 2.24) is 30.2 Å². The first-order valence-electron chi connectivity index (χ1n) is 6.77. The summed E-state index contributed by atoms with van der Waals surface area (Å²) in [6.45, 7) is 2.62. The van der Waals surface area contributed by atoms with Crippen LogP contribution >= 0.6 is 0 Å². The Bertz CT molecular complexity index is 765. The number of hydrogen-bond acceptors (Lipinski definition) is 6. The monoisotopic (exact) mass is 298 g/mol. The van der Waals surface area contributed by atoms with E-state index in [0.717, 1.165) is 11.1 Å². The molecule has 0 unspecified atom stereocenters. The van der Waals surface area contributed by atoms with Gasteiger partial charge in [-0.15, -0.1) is 5.10 Å². The summed E-state index contributed by atoms with van der Waals surface area (Å²) in [5.74, 6) is -0.493. The summed E-state index contributed by atoms with van der Waals surface area (Å²) in [5, 5.41) is 14.5. The molecular weight excluding hydrogens is 284 g/mol. The van der Waals surface area contributed by atoms with Crippen LogP contribution in [0.1, 0.15) is 23.0 Å². The topological polar surface area (TPSA) is 98.6 Å². The number of rotatable bonds is 5. The fraction of sp³-hybridized carbons (Fsp3) is 0.214. The molecule has 0 aliphatic heterocycles. The van der Waals surface area contributed by atoms with Crippen molar-refractivity contribution < 1.29 is 9.53 Å². The molecule has 0 saturated carbocycles. The molecule has 0 bridgehead atoms. The fourth-order valence-electron chi connectivity index (χ4n) is 2.09. The maximum absolute atomic E-state index is 11.9. The van der Waals surface area contributed by atoms with Crippen molar-refractivity contribution in [1.29, 1.82) is 0 Å². The molecule has 22 heavy (non-hydrogen) atoms. The van der Waals surface area contributed by atoms with Crippen LogP contribution in [0.25, 0.3) is 11.3 Å². The summed E-state index contributed by atoms with van der Waals surface area (Å²) in [6, 6.07) is 7.66. The van der Waals surface area contributed by atoms with Gasteiger partial charge >= 0.3 is 5.97 Å². The highest BCUT2D eigenvalue weighted by atomic mass is 16.5. The first kappa shape index (κ1) is 13.9. The van der Waals surface area contributed by atoms with E-state index < -0.39 is 5.97 Å². The van der Waals surface area contributed by atoms with Crippen LogP contribution in [-0.2, 0) is 11.3 Å². The maximum Gasteiger partial charge on any atom is 0.361 e. The van der Waals surface area contributed by atoms with Crippen LogP contribution in [0.4, 0.5) is 0 Å². The first-order valence-corrected chi connectivity index (χ1v) is 6.77. The van der Waals surface area contributed by atoms with Crippen molar-refractivity contribution in [2.24, 2.45) is 0 Å². The van der Waals surface area contributed by atoms with Gasteiger partial charge in [0.05, 0.1) is 13.2 Å². The number of H-pyrrole nitrogens is 1. The van der Waals surface area contributed by atoms with Gasteiger partial charge in [-0.2, -0.15) is 15.4 Å². The second-order valence-corrected chi connectivity index (χ2v) is 4.53. The minimum atomic E-state index is -0.493. The van der Waals surface area contributed by atoms with Crippen molar-refractivity contribution in [2.45, 2.75) is 13.5 Å². The third kappa shape index (κ3) is 2.85. The Kier molecular flexibility index (Phi) is 3.90. The number of nitrogens with one attached hydrogen (secondary N) is 1. The van der Waals surface area contributed by atoms with Crippen LogP contribution < -0.4 is 0 Å². The Balaban J connectivity index is 1.89. The molecule has 112 valence electrons. The summed E-state index contributed by atoms with van der Waals surface area (Å²) in [6.07, 6.45) is 3.13. The number of benzene rings is 1. The molecular formula is C14H14N6O2. The molecule has 0 radical (unpaired) electrons. The Morgan fingerprint density at radius 1 is 1.36 bits per heavy atom. The number of esters is 1. The van der Waals surface area contributed by atoms with E-state index in [2.05, 4.69) is 25.5 Å². The van der Waals surface area contributed by atoms with Gasteiger partial charge in [0.2, 0.25) is 0 Å². The zero-order valence-corrected chi connectivity index (χ0v) is 11.9. The molecule has 0 atom stereocenters. The molecule has 2 aromatic heterocycles. The molecule has 0 amide bonds. The van der Waals surface area contributed by atoms with Gasteiger partial charge in [-0.1, -0.05) is 18.2 Å². The molecule has 8 heteroatoms. The van der Waals surface area contributed by atoms with E-state index in [1.165, 1.54) is 6.33 Å². The molecule has 3 rings (SSSR count). The first-order chi connectivity index (χ1) is 10.8. The highest BCUT2D eigenvalue weighted by Crippen LogP contribution is 2.21. The van der Waals surface area contributed by atoms with Crippen LogP contribution in [0, 0.1) is 0 Å². The Morgan fingerprint density at radius 3 is 3.05 bits per heavy atom. The molecule has 0 aliphatic carbocycles. The highest BCUT2D eigenvalue weighted by Gasteiger charge is 2.19. The fourth-order valence-corrected chi connectivity index (χ4v) is 2.09. The molecule has 0 aliphatic rings. The summed E-state index contributed by atoms with van der Waals surface area (Å²) in [4.78, 5) is 15.8. The van der Waals surface area contributed by atoms with Gasteiger partial charge in [-0.05, 0) is 18.6 Å². The van der Waals surface area contributed by atoms with E-state index in [1.807, 2.05) is 24.3 Å². The average molecular weight is 298 g/mol. The van der Waals surface area contributed by atoms with Crippen molar-refractivity contribution in [3.8, 4) is 11.3 Å². The molecule has 8 nitrogen and oxygen atoms in total. The molecule has 0 spiro atoms. The van der Waals surface area contributed by atoms with Crippen molar-refractivity contribution in [3.63, 3.8) is 0 Å². The third-order valence-electron chi connectivity index (χ3n) is 3.03. The number of nitrogens with zero attached hydrogens (tertiary/aromatic N) is 5. The van der Waals surface area contributed by atoms with Gasteiger partial charge in [0.1, 0.15) is 18.3 Å². The highest BCUT2D eigenvalue weighted by molar-refractivity contribution is 5.93. The minimum absolute atomic E-state index is 0.180. The Labute approximate surface area is 126 Å². The van der Waals surface area contributed by atoms with Crippen LogP contribution in [0.3, 0.4) is 0 Å².